The molecule has 2 aromatic rings. The van der Waals surface area contributed by atoms with Crippen LogP contribution in [0.5, 0.6) is 0 Å². The molecule has 0 unspecified atom stereocenters. The molecule has 1 aromatic heterocycles. The van der Waals surface area contributed by atoms with Crippen molar-refractivity contribution in [2.75, 3.05) is 5.32 Å². The molecule has 4 N–H and O–H groups in total. The first-order valence-electron chi connectivity index (χ1n) is 8.28. The number of carbonyl (C=O) groups excluding carboxylic acids is 2. The molecule has 27 heavy (non-hydrogen) atoms. The number of nitrogens with two attached hydrogens (primary N) is 1. The Balaban J connectivity index is 1.77. The molecule has 0 fully saturated rings. The number of fused-ring (bicyclic) bond motifs is 1. The van der Waals surface area contributed by atoms with Gasteiger partial charge in [0.05, 0.1) is 15.6 Å². The number of benzene rings is 1. The third kappa shape index (κ3) is 4.43. The zero-order valence-electron chi connectivity index (χ0n) is 14.4. The van der Waals surface area contributed by atoms with Crippen molar-refractivity contribution in [2.45, 2.75) is 26.2 Å². The molecule has 5 nitrogen and oxygen atoms in total. The molecule has 1 aliphatic carbocycles. The van der Waals surface area contributed by atoms with Gasteiger partial charge in [-0.2, -0.15) is 0 Å². The van der Waals surface area contributed by atoms with Gasteiger partial charge in [0.2, 0.25) is 0 Å². The van der Waals surface area contributed by atoms with Gasteiger partial charge in [-0.05, 0) is 61.2 Å². The van der Waals surface area contributed by atoms with E-state index in [-0.39, 0.29) is 10.1 Å². The highest BCUT2D eigenvalue weighted by molar-refractivity contribution is 7.80. The topological polar surface area (TPSA) is 84.2 Å². The molecular weight excluding hydrogens is 425 g/mol. The zero-order chi connectivity index (χ0) is 19.7. The van der Waals surface area contributed by atoms with Crippen LogP contribution in [0.1, 0.15) is 44.5 Å². The Morgan fingerprint density at radius 3 is 2.70 bits per heavy atom. The number of thiophene rings is 1. The summed E-state index contributed by atoms with van der Waals surface area (Å²) in [5.41, 5.74) is 7.37. The van der Waals surface area contributed by atoms with Crippen LogP contribution in [-0.4, -0.2) is 16.9 Å². The van der Waals surface area contributed by atoms with Crippen LogP contribution in [0.15, 0.2) is 18.2 Å². The lowest BCUT2D eigenvalue weighted by Gasteiger charge is -2.18. The number of halogens is 2. The van der Waals surface area contributed by atoms with E-state index in [1.807, 2.05) is 0 Å². The van der Waals surface area contributed by atoms with E-state index in [2.05, 4.69) is 17.6 Å². The first-order valence-corrected chi connectivity index (χ1v) is 10.3. The van der Waals surface area contributed by atoms with Gasteiger partial charge in [-0.3, -0.25) is 14.9 Å². The smallest absolute Gasteiger partial charge is 0.257 e. The largest absolute Gasteiger partial charge is 0.365 e. The molecule has 0 radical (unpaired) electrons. The third-order valence-corrected chi connectivity index (χ3v) is 6.51. The van der Waals surface area contributed by atoms with Crippen LogP contribution < -0.4 is 16.4 Å². The van der Waals surface area contributed by atoms with Gasteiger partial charge in [-0.25, -0.2) is 0 Å². The fourth-order valence-corrected chi connectivity index (χ4v) is 5.02. The monoisotopic (exact) mass is 441 g/mol. The van der Waals surface area contributed by atoms with Crippen LogP contribution >= 0.6 is 46.8 Å². The molecule has 0 aliphatic heterocycles. The van der Waals surface area contributed by atoms with Crippen molar-refractivity contribution in [1.29, 1.82) is 0 Å². The van der Waals surface area contributed by atoms with E-state index in [1.54, 1.807) is 6.07 Å². The molecule has 0 saturated carbocycles. The van der Waals surface area contributed by atoms with Crippen LogP contribution in [0.2, 0.25) is 10.0 Å². The number of rotatable bonds is 3. The second kappa shape index (κ2) is 8.14. The first-order chi connectivity index (χ1) is 12.8. The van der Waals surface area contributed by atoms with E-state index in [0.29, 0.717) is 27.1 Å². The summed E-state index contributed by atoms with van der Waals surface area (Å²) >= 11 is 18.5. The Labute approximate surface area is 176 Å². The maximum atomic E-state index is 12.3. The maximum absolute atomic E-state index is 12.3. The molecule has 2 amide bonds. The van der Waals surface area contributed by atoms with Gasteiger partial charge in [0.1, 0.15) is 5.00 Å². The van der Waals surface area contributed by atoms with E-state index in [0.717, 1.165) is 29.7 Å². The average molecular weight is 442 g/mol. The van der Waals surface area contributed by atoms with Crippen molar-refractivity contribution >= 4 is 68.7 Å². The highest BCUT2D eigenvalue weighted by Gasteiger charge is 2.27. The second-order valence-electron chi connectivity index (χ2n) is 6.46. The number of hydrogen-bond donors (Lipinski definition) is 3. The third-order valence-electron chi connectivity index (χ3n) is 4.39. The summed E-state index contributed by atoms with van der Waals surface area (Å²) in [5.74, 6) is -0.365. The fourth-order valence-electron chi connectivity index (χ4n) is 3.05. The predicted molar refractivity (Wildman–Crippen MR) is 114 cm³/mol. The average Bonchev–Trinajstić information content (AvgIpc) is 2.93. The normalized spacial score (nSPS) is 15.7. The maximum Gasteiger partial charge on any atom is 0.257 e. The van der Waals surface area contributed by atoms with E-state index in [4.69, 9.17) is 41.2 Å². The summed E-state index contributed by atoms with van der Waals surface area (Å²) < 4.78 is 0. The first kappa shape index (κ1) is 20.1. The van der Waals surface area contributed by atoms with Crippen LogP contribution in [0.25, 0.3) is 0 Å². The van der Waals surface area contributed by atoms with Crippen LogP contribution in [0, 0.1) is 5.92 Å². The summed E-state index contributed by atoms with van der Waals surface area (Å²) in [6, 6.07) is 4.54. The van der Waals surface area contributed by atoms with E-state index >= 15 is 0 Å². The molecule has 1 aliphatic rings. The number of amides is 2. The number of anilines is 1. The molecule has 0 saturated heterocycles. The number of carbonyl (C=O) groups is 2. The van der Waals surface area contributed by atoms with Gasteiger partial charge in [-0.1, -0.05) is 30.1 Å². The van der Waals surface area contributed by atoms with Gasteiger partial charge in [0.15, 0.2) is 5.11 Å². The fraction of sp³-hybridized carbons (Fsp3) is 0.278. The molecule has 0 spiro atoms. The number of thiocarbonyl (C=S) groups is 1. The standard InChI is InChI=1S/C18H17Cl2N3O2S2/c1-8-2-4-10-13(6-8)27-17(14(10)15(21)24)23-18(26)22-16(25)9-3-5-11(19)12(20)7-9/h3,5,7-8H,2,4,6H2,1H3,(H2,21,24)(H2,22,23,25,26)/t8-/m1/s1. The molecular formula is C18H17Cl2N3O2S2. The minimum atomic E-state index is -0.497. The predicted octanol–water partition coefficient (Wildman–Crippen LogP) is 4.41. The molecule has 142 valence electrons. The Bertz CT molecular complexity index is 943. The second-order valence-corrected chi connectivity index (χ2v) is 8.79. The summed E-state index contributed by atoms with van der Waals surface area (Å²) in [4.78, 5) is 25.4. The van der Waals surface area contributed by atoms with Crippen LogP contribution in [0.4, 0.5) is 5.00 Å². The Morgan fingerprint density at radius 1 is 1.30 bits per heavy atom. The number of hydrogen-bond acceptors (Lipinski definition) is 4. The number of primary amides is 1. The number of nitrogens with one attached hydrogen (secondary N) is 2. The molecule has 1 heterocycles. The molecule has 1 atom stereocenters. The SMILES string of the molecule is C[C@@H]1CCc2c(sc(NC(=S)NC(=O)c3ccc(Cl)c(Cl)c3)c2C(N)=O)C1. The van der Waals surface area contributed by atoms with Gasteiger partial charge < -0.3 is 11.1 Å². The van der Waals surface area contributed by atoms with Gasteiger partial charge >= 0.3 is 0 Å². The zero-order valence-corrected chi connectivity index (χ0v) is 17.5. The summed E-state index contributed by atoms with van der Waals surface area (Å²) in [7, 11) is 0. The minimum Gasteiger partial charge on any atom is -0.365 e. The van der Waals surface area contributed by atoms with Gasteiger partial charge in [0, 0.05) is 10.4 Å². The van der Waals surface area contributed by atoms with Gasteiger partial charge in [0.25, 0.3) is 11.8 Å². The Morgan fingerprint density at radius 2 is 2.04 bits per heavy atom. The van der Waals surface area contributed by atoms with Crippen molar-refractivity contribution in [3.8, 4) is 0 Å². The van der Waals surface area contributed by atoms with E-state index < -0.39 is 11.8 Å². The minimum absolute atomic E-state index is 0.0835. The highest BCUT2D eigenvalue weighted by Crippen LogP contribution is 2.39. The summed E-state index contributed by atoms with van der Waals surface area (Å²) in [6.45, 7) is 2.18. The lowest BCUT2D eigenvalue weighted by atomic mass is 9.88. The van der Waals surface area contributed by atoms with Crippen LogP contribution in [0.3, 0.4) is 0 Å². The van der Waals surface area contributed by atoms with Crippen molar-refractivity contribution in [3.05, 3.63) is 49.8 Å². The quantitative estimate of drug-likeness (QED) is 0.615. The van der Waals surface area contributed by atoms with Crippen molar-refractivity contribution in [2.24, 2.45) is 11.7 Å². The molecule has 0 bridgehead atoms. The highest BCUT2D eigenvalue weighted by atomic mass is 35.5. The Kier molecular flexibility index (Phi) is 6.05. The lowest BCUT2D eigenvalue weighted by molar-refractivity contribution is 0.0975. The lowest BCUT2D eigenvalue weighted by Crippen LogP contribution is -2.34. The Hall–Kier alpha value is -1.67. The van der Waals surface area contributed by atoms with E-state index in [9.17, 15) is 9.59 Å². The molecule has 9 heteroatoms. The summed E-state index contributed by atoms with van der Waals surface area (Å²) in [5, 5.41) is 6.82. The van der Waals surface area contributed by atoms with Crippen molar-refractivity contribution in [1.82, 2.24) is 5.32 Å². The van der Waals surface area contributed by atoms with Crippen molar-refractivity contribution < 1.29 is 9.59 Å². The van der Waals surface area contributed by atoms with Gasteiger partial charge in [-0.15, -0.1) is 11.3 Å². The van der Waals surface area contributed by atoms with Crippen molar-refractivity contribution in [3.63, 3.8) is 0 Å². The summed E-state index contributed by atoms with van der Waals surface area (Å²) in [6.07, 6.45) is 2.74. The molecule has 1 aromatic carbocycles. The molecule has 3 rings (SSSR count). The van der Waals surface area contributed by atoms with E-state index in [1.165, 1.54) is 23.5 Å². The van der Waals surface area contributed by atoms with Crippen LogP contribution in [-0.2, 0) is 12.8 Å².